The molecular weight excluding hydrogens is 564 g/mol. The van der Waals surface area contributed by atoms with Gasteiger partial charge in [-0.1, -0.05) is 35.0 Å². The normalized spacial score (nSPS) is 11.1. The topological polar surface area (TPSA) is 126 Å². The predicted octanol–water partition coefficient (Wildman–Crippen LogP) is 5.05. The Labute approximate surface area is 245 Å². The van der Waals surface area contributed by atoms with Crippen LogP contribution < -0.4 is 30.4 Å². The lowest BCUT2D eigenvalue weighted by molar-refractivity contribution is -0.115. The third kappa shape index (κ3) is 5.44. The Bertz CT molecular complexity index is 1810. The second kappa shape index (κ2) is 12.4. The summed E-state index contributed by atoms with van der Waals surface area (Å²) in [6.07, 6.45) is 0.0390. The first-order valence-electron chi connectivity index (χ1n) is 12.9. The summed E-state index contributed by atoms with van der Waals surface area (Å²) in [4.78, 5) is 27.0. The zero-order chi connectivity index (χ0) is 29.8. The molecule has 218 valence electrons. The molecule has 2 N–H and O–H groups in total. The van der Waals surface area contributed by atoms with Crippen molar-refractivity contribution in [2.45, 2.75) is 6.42 Å². The molecule has 1 amide bonds. The summed E-state index contributed by atoms with van der Waals surface area (Å²) < 4.78 is 28.3. The minimum absolute atomic E-state index is 0.0390. The van der Waals surface area contributed by atoms with Gasteiger partial charge >= 0.3 is 0 Å². The van der Waals surface area contributed by atoms with Crippen molar-refractivity contribution in [3.63, 3.8) is 0 Å². The number of methoxy groups -OCH3 is 4. The molecule has 0 aliphatic heterocycles. The van der Waals surface area contributed by atoms with Crippen molar-refractivity contribution >= 4 is 50.9 Å². The highest BCUT2D eigenvalue weighted by atomic mass is 35.5. The Morgan fingerprint density at radius 1 is 0.976 bits per heavy atom. The number of hydrogen-bond donors (Lipinski definition) is 2. The highest BCUT2D eigenvalue weighted by Gasteiger charge is 2.22. The number of nitrogens with one attached hydrogen (secondary N) is 2. The van der Waals surface area contributed by atoms with E-state index in [0.717, 1.165) is 0 Å². The van der Waals surface area contributed by atoms with Gasteiger partial charge in [0.15, 0.2) is 11.5 Å². The molecule has 3 aromatic carbocycles. The molecule has 42 heavy (non-hydrogen) atoms. The van der Waals surface area contributed by atoms with E-state index in [1.165, 1.54) is 21.3 Å². The molecule has 0 saturated carbocycles. The maximum atomic E-state index is 14.0. The fraction of sp³-hybridized carbons (Fsp3) is 0.233. The molecule has 0 aliphatic carbocycles. The number of nitrogens with zero attached hydrogens (tertiary/aromatic N) is 2. The van der Waals surface area contributed by atoms with Crippen LogP contribution in [0.4, 0.5) is 11.6 Å². The first-order valence-corrected chi connectivity index (χ1v) is 13.3. The van der Waals surface area contributed by atoms with E-state index in [1.54, 1.807) is 60.2 Å². The van der Waals surface area contributed by atoms with Gasteiger partial charge in [-0.05, 0) is 29.8 Å². The lowest BCUT2D eigenvalue weighted by Gasteiger charge is -2.15. The fourth-order valence-electron chi connectivity index (χ4n) is 4.81. The zero-order valence-electron chi connectivity index (χ0n) is 23.4. The van der Waals surface area contributed by atoms with Crippen LogP contribution in [0.2, 0.25) is 5.02 Å². The number of fused-ring (bicyclic) bond motifs is 3. The first kappa shape index (κ1) is 28.8. The standard InChI is InChI=1S/C30H29ClN4O7/c1-38-12-11-32-29-26-27(34-42-29)25-20(31)9-6-10-21(25)35(30(26)37)19-8-5-7-17(13-19)14-24(36)33-18-15-22(39-2)28(41-4)23(16-18)40-3/h5-10,13,15-16,32H,11-12,14H2,1-4H3,(H,33,36). The lowest BCUT2D eigenvalue weighted by atomic mass is 10.1. The number of carbonyl (C=O) groups is 1. The number of anilines is 2. The fourth-order valence-corrected chi connectivity index (χ4v) is 5.07. The van der Waals surface area contributed by atoms with Gasteiger partial charge in [-0.2, -0.15) is 0 Å². The van der Waals surface area contributed by atoms with E-state index in [9.17, 15) is 9.59 Å². The Morgan fingerprint density at radius 2 is 1.71 bits per heavy atom. The number of hydrogen-bond acceptors (Lipinski definition) is 9. The Balaban J connectivity index is 1.52. The molecule has 0 saturated heterocycles. The third-order valence-corrected chi connectivity index (χ3v) is 6.97. The summed E-state index contributed by atoms with van der Waals surface area (Å²) in [6.45, 7) is 0.822. The van der Waals surface area contributed by atoms with Crippen molar-refractivity contribution in [2.75, 3.05) is 52.2 Å². The number of halogens is 1. The number of pyridine rings is 1. The molecule has 11 nitrogen and oxygen atoms in total. The Morgan fingerprint density at radius 3 is 2.40 bits per heavy atom. The lowest BCUT2D eigenvalue weighted by Crippen LogP contribution is -2.20. The van der Waals surface area contributed by atoms with E-state index in [0.29, 0.717) is 68.8 Å². The summed E-state index contributed by atoms with van der Waals surface area (Å²) in [6, 6.07) is 15.8. The predicted molar refractivity (Wildman–Crippen MR) is 161 cm³/mol. The molecule has 0 aliphatic rings. The molecule has 5 rings (SSSR count). The number of carbonyl (C=O) groups excluding carboxylic acids is 1. The molecule has 0 spiro atoms. The average Bonchev–Trinajstić information content (AvgIpc) is 3.41. The van der Waals surface area contributed by atoms with Crippen LogP contribution in [0.15, 0.2) is 63.9 Å². The van der Waals surface area contributed by atoms with Crippen LogP contribution in [0.3, 0.4) is 0 Å². The quantitative estimate of drug-likeness (QED) is 0.203. The largest absolute Gasteiger partial charge is 0.493 e. The van der Waals surface area contributed by atoms with Crippen LogP contribution in [-0.2, 0) is 16.0 Å². The zero-order valence-corrected chi connectivity index (χ0v) is 24.2. The van der Waals surface area contributed by atoms with Gasteiger partial charge in [-0.15, -0.1) is 0 Å². The van der Waals surface area contributed by atoms with Crippen LogP contribution >= 0.6 is 11.6 Å². The molecule has 12 heteroatoms. The molecular formula is C30H29ClN4O7. The highest BCUT2D eigenvalue weighted by molar-refractivity contribution is 6.37. The van der Waals surface area contributed by atoms with Gasteiger partial charge in [0.25, 0.3) is 5.56 Å². The summed E-state index contributed by atoms with van der Waals surface area (Å²) >= 11 is 6.61. The molecule has 2 heterocycles. The monoisotopic (exact) mass is 592 g/mol. The smallest absolute Gasteiger partial charge is 0.270 e. The van der Waals surface area contributed by atoms with Gasteiger partial charge in [0.1, 0.15) is 10.9 Å². The van der Waals surface area contributed by atoms with Crippen molar-refractivity contribution in [3.8, 4) is 22.9 Å². The second-order valence-corrected chi connectivity index (χ2v) is 9.65. The van der Waals surface area contributed by atoms with Crippen molar-refractivity contribution in [2.24, 2.45) is 0 Å². The van der Waals surface area contributed by atoms with E-state index in [-0.39, 0.29) is 29.2 Å². The van der Waals surface area contributed by atoms with Gasteiger partial charge in [0, 0.05) is 42.5 Å². The summed E-state index contributed by atoms with van der Waals surface area (Å²) in [5, 5.41) is 11.4. The first-order chi connectivity index (χ1) is 20.4. The SMILES string of the molecule is COCCNc1onc2c1c(=O)n(-c1cccc(CC(=O)Nc3cc(OC)c(OC)c(OC)c3)c1)c1cccc(Cl)c21. The third-order valence-electron chi connectivity index (χ3n) is 6.65. The highest BCUT2D eigenvalue weighted by Crippen LogP contribution is 2.40. The van der Waals surface area contributed by atoms with Crippen LogP contribution in [0.5, 0.6) is 17.2 Å². The minimum atomic E-state index is -0.347. The van der Waals surface area contributed by atoms with E-state index in [1.807, 2.05) is 6.07 Å². The van der Waals surface area contributed by atoms with Gasteiger partial charge in [-0.25, -0.2) is 0 Å². The Hall–Kier alpha value is -4.74. The molecule has 0 radical (unpaired) electrons. The molecule has 5 aromatic rings. The van der Waals surface area contributed by atoms with Crippen LogP contribution in [0.1, 0.15) is 5.56 Å². The number of ether oxygens (including phenoxy) is 4. The van der Waals surface area contributed by atoms with Crippen molar-refractivity contribution in [3.05, 3.63) is 75.5 Å². The maximum Gasteiger partial charge on any atom is 0.270 e. The maximum absolute atomic E-state index is 14.0. The van der Waals surface area contributed by atoms with Crippen molar-refractivity contribution < 1.29 is 28.3 Å². The average molecular weight is 593 g/mol. The van der Waals surface area contributed by atoms with Crippen molar-refractivity contribution in [1.29, 1.82) is 0 Å². The van der Waals surface area contributed by atoms with Crippen LogP contribution in [0, 0.1) is 0 Å². The van der Waals surface area contributed by atoms with Crippen LogP contribution in [-0.4, -0.2) is 57.2 Å². The number of aromatic nitrogens is 2. The minimum Gasteiger partial charge on any atom is -0.493 e. The van der Waals surface area contributed by atoms with E-state index < -0.39 is 0 Å². The van der Waals surface area contributed by atoms with Gasteiger partial charge in [0.2, 0.25) is 17.5 Å². The molecule has 0 fully saturated rings. The number of rotatable bonds is 11. The molecule has 2 aromatic heterocycles. The molecule has 0 bridgehead atoms. The number of benzene rings is 3. The molecule has 0 atom stereocenters. The van der Waals surface area contributed by atoms with Gasteiger partial charge in [0.05, 0.1) is 44.9 Å². The van der Waals surface area contributed by atoms with Gasteiger partial charge < -0.3 is 34.1 Å². The van der Waals surface area contributed by atoms with Crippen LogP contribution in [0.25, 0.3) is 27.5 Å². The molecule has 0 unspecified atom stereocenters. The van der Waals surface area contributed by atoms with E-state index in [2.05, 4.69) is 15.8 Å². The summed E-state index contributed by atoms with van der Waals surface area (Å²) in [5.74, 6) is 1.20. The van der Waals surface area contributed by atoms with Gasteiger partial charge in [-0.3, -0.25) is 14.2 Å². The Kier molecular flexibility index (Phi) is 8.51. The summed E-state index contributed by atoms with van der Waals surface area (Å²) in [5.41, 5.74) is 2.28. The number of amides is 1. The van der Waals surface area contributed by atoms with E-state index in [4.69, 9.17) is 35.1 Å². The summed E-state index contributed by atoms with van der Waals surface area (Å²) in [7, 11) is 6.09. The second-order valence-electron chi connectivity index (χ2n) is 9.24. The van der Waals surface area contributed by atoms with E-state index >= 15 is 0 Å². The van der Waals surface area contributed by atoms with Crippen molar-refractivity contribution in [1.82, 2.24) is 9.72 Å².